The number of aromatic nitrogens is 3. The lowest BCUT2D eigenvalue weighted by Gasteiger charge is -2.18. The van der Waals surface area contributed by atoms with E-state index in [1.807, 2.05) is 0 Å². The van der Waals surface area contributed by atoms with E-state index in [0.717, 1.165) is 24.3 Å². The van der Waals surface area contributed by atoms with Gasteiger partial charge < -0.3 is 19.5 Å². The molecular weight excluding hydrogens is 393 g/mol. The van der Waals surface area contributed by atoms with Gasteiger partial charge >= 0.3 is 6.18 Å². The van der Waals surface area contributed by atoms with Gasteiger partial charge in [0.25, 0.3) is 5.91 Å². The molecule has 1 aromatic carbocycles. The molecule has 2 aliphatic rings. The monoisotopic (exact) mass is 412 g/mol. The Morgan fingerprint density at radius 1 is 1.24 bits per heavy atom. The molecule has 0 unspecified atom stereocenters. The van der Waals surface area contributed by atoms with Gasteiger partial charge in [0.1, 0.15) is 23.9 Å². The first kappa shape index (κ1) is 19.8. The fourth-order valence-electron chi connectivity index (χ4n) is 3.58. The predicted octanol–water partition coefficient (Wildman–Crippen LogP) is 1.58. The normalized spacial score (nSPS) is 26.5. The number of hydrogen-bond donors (Lipinski definition) is 1. The van der Waals surface area contributed by atoms with Gasteiger partial charge in [-0.15, -0.1) is 5.10 Å². The second kappa shape index (κ2) is 7.73. The fourth-order valence-corrected chi connectivity index (χ4v) is 3.58. The molecule has 0 radical (unpaired) electrons. The number of fused-ring (bicyclic) bond motifs is 1. The Morgan fingerprint density at radius 2 is 1.97 bits per heavy atom. The third-order valence-electron chi connectivity index (χ3n) is 5.01. The molecule has 0 saturated carbocycles. The maximum atomic E-state index is 12.7. The lowest BCUT2D eigenvalue weighted by Crippen LogP contribution is -2.44. The van der Waals surface area contributed by atoms with Crippen LogP contribution in [-0.2, 0) is 27.0 Å². The summed E-state index contributed by atoms with van der Waals surface area (Å²) in [7, 11) is 1.57. The van der Waals surface area contributed by atoms with Crippen molar-refractivity contribution in [3.63, 3.8) is 0 Å². The molecule has 2 fully saturated rings. The highest BCUT2D eigenvalue weighted by Gasteiger charge is 2.49. The Balaban J connectivity index is 1.39. The molecule has 156 valence electrons. The van der Waals surface area contributed by atoms with Crippen LogP contribution in [-0.4, -0.2) is 59.5 Å². The maximum Gasteiger partial charge on any atom is 0.416 e. The second-order valence-corrected chi connectivity index (χ2v) is 6.94. The maximum absolute atomic E-state index is 12.7. The highest BCUT2D eigenvalue weighted by molar-refractivity contribution is 5.94. The van der Waals surface area contributed by atoms with Crippen molar-refractivity contribution in [2.45, 2.75) is 37.1 Å². The molecule has 4 atom stereocenters. The van der Waals surface area contributed by atoms with Crippen molar-refractivity contribution >= 4 is 5.91 Å². The summed E-state index contributed by atoms with van der Waals surface area (Å²) < 4.78 is 56.3. The van der Waals surface area contributed by atoms with E-state index in [-0.39, 0.29) is 30.4 Å². The first-order chi connectivity index (χ1) is 13.9. The Hall–Kier alpha value is -2.50. The van der Waals surface area contributed by atoms with Gasteiger partial charge in [0.05, 0.1) is 37.6 Å². The van der Waals surface area contributed by atoms with Crippen LogP contribution in [0.5, 0.6) is 0 Å². The topological polar surface area (TPSA) is 87.5 Å². The Morgan fingerprint density at radius 3 is 2.66 bits per heavy atom. The molecule has 11 heteroatoms. The third-order valence-corrected chi connectivity index (χ3v) is 5.01. The van der Waals surface area contributed by atoms with Crippen molar-refractivity contribution in [1.82, 2.24) is 20.3 Å². The van der Waals surface area contributed by atoms with Gasteiger partial charge in [-0.25, -0.2) is 4.68 Å². The minimum atomic E-state index is -4.45. The van der Waals surface area contributed by atoms with Crippen LogP contribution in [0.25, 0.3) is 0 Å². The zero-order valence-corrected chi connectivity index (χ0v) is 15.4. The van der Waals surface area contributed by atoms with Crippen molar-refractivity contribution in [3.05, 3.63) is 47.3 Å². The summed E-state index contributed by atoms with van der Waals surface area (Å²) in [5.74, 6) is -0.483. The van der Waals surface area contributed by atoms with E-state index in [9.17, 15) is 18.0 Å². The van der Waals surface area contributed by atoms with E-state index in [1.54, 1.807) is 18.0 Å². The largest absolute Gasteiger partial charge is 0.416 e. The summed E-state index contributed by atoms with van der Waals surface area (Å²) in [6, 6.07) is 3.46. The van der Waals surface area contributed by atoms with E-state index in [4.69, 9.17) is 14.2 Å². The third kappa shape index (κ3) is 3.98. The van der Waals surface area contributed by atoms with Crippen LogP contribution in [0.1, 0.15) is 27.7 Å². The number of nitrogens with zero attached hydrogens (tertiary/aromatic N) is 3. The molecule has 1 N–H and O–H groups in total. The first-order valence-corrected chi connectivity index (χ1v) is 8.98. The van der Waals surface area contributed by atoms with Gasteiger partial charge in [-0.3, -0.25) is 4.79 Å². The Labute approximate surface area is 163 Å². The summed E-state index contributed by atoms with van der Waals surface area (Å²) in [6.07, 6.45) is -3.38. The Bertz CT molecular complexity index is 871. The molecule has 0 bridgehead atoms. The van der Waals surface area contributed by atoms with Crippen LogP contribution < -0.4 is 5.32 Å². The fraction of sp³-hybridized carbons (Fsp3) is 0.500. The van der Waals surface area contributed by atoms with E-state index in [0.29, 0.717) is 18.9 Å². The molecule has 3 heterocycles. The zero-order valence-electron chi connectivity index (χ0n) is 15.4. The summed E-state index contributed by atoms with van der Waals surface area (Å²) >= 11 is 0. The number of rotatable bonds is 5. The van der Waals surface area contributed by atoms with Crippen molar-refractivity contribution in [3.8, 4) is 0 Å². The van der Waals surface area contributed by atoms with E-state index >= 15 is 0 Å². The molecule has 1 aromatic heterocycles. The van der Waals surface area contributed by atoms with Crippen molar-refractivity contribution in [2.75, 3.05) is 20.3 Å². The SMILES string of the molecule is COCc1cn([C@@H]2CO[C@@H]3[C@@H]2OC[C@@H]3NC(=O)c2ccc(C(F)(F)F)cc2)nn1. The molecule has 2 aliphatic heterocycles. The van der Waals surface area contributed by atoms with Crippen molar-refractivity contribution in [2.24, 2.45) is 0 Å². The first-order valence-electron chi connectivity index (χ1n) is 8.98. The number of methoxy groups -OCH3 is 1. The van der Waals surface area contributed by atoms with E-state index < -0.39 is 23.7 Å². The minimum Gasteiger partial charge on any atom is -0.378 e. The highest BCUT2D eigenvalue weighted by atomic mass is 19.4. The van der Waals surface area contributed by atoms with Gasteiger partial charge in [0, 0.05) is 12.7 Å². The number of carbonyl (C=O) groups is 1. The standard InChI is InChI=1S/C18H19F3N4O4/c1-27-7-12-6-25(24-23-12)14-9-29-15-13(8-28-16(14)15)22-17(26)10-2-4-11(5-3-10)18(19,20)21/h2-6,13-16H,7-9H2,1H3,(H,22,26)/t13-,14+,15-,16+/m0/s1. The van der Waals surface area contributed by atoms with E-state index in [1.165, 1.54) is 0 Å². The smallest absolute Gasteiger partial charge is 0.378 e. The number of carbonyl (C=O) groups excluding carboxylic acids is 1. The van der Waals surface area contributed by atoms with E-state index in [2.05, 4.69) is 15.6 Å². The Kier molecular flexibility index (Phi) is 5.28. The van der Waals surface area contributed by atoms with Gasteiger partial charge in [-0.1, -0.05) is 5.21 Å². The summed E-state index contributed by atoms with van der Waals surface area (Å²) in [4.78, 5) is 12.4. The molecular formula is C18H19F3N4O4. The van der Waals surface area contributed by atoms with Gasteiger partial charge in [-0.2, -0.15) is 13.2 Å². The predicted molar refractivity (Wildman–Crippen MR) is 92.0 cm³/mol. The molecule has 29 heavy (non-hydrogen) atoms. The van der Waals surface area contributed by atoms with Crippen molar-refractivity contribution < 1.29 is 32.2 Å². The zero-order chi connectivity index (χ0) is 20.6. The van der Waals surface area contributed by atoms with Crippen LogP contribution in [0.15, 0.2) is 30.5 Å². The molecule has 0 spiro atoms. The number of hydrogen-bond acceptors (Lipinski definition) is 6. The number of ether oxygens (including phenoxy) is 3. The number of halogens is 3. The molecule has 1 amide bonds. The van der Waals surface area contributed by atoms with Gasteiger partial charge in [0.2, 0.25) is 0 Å². The number of amides is 1. The average molecular weight is 412 g/mol. The molecule has 2 saturated heterocycles. The molecule has 0 aliphatic carbocycles. The number of nitrogens with one attached hydrogen (secondary N) is 1. The average Bonchev–Trinajstić information content (AvgIpc) is 3.39. The summed E-state index contributed by atoms with van der Waals surface area (Å²) in [6.45, 7) is 0.921. The van der Waals surface area contributed by atoms with Crippen molar-refractivity contribution in [1.29, 1.82) is 0 Å². The molecule has 8 nitrogen and oxygen atoms in total. The van der Waals surface area contributed by atoms with Crippen LogP contribution in [0.3, 0.4) is 0 Å². The van der Waals surface area contributed by atoms with Crippen LogP contribution in [0.2, 0.25) is 0 Å². The van der Waals surface area contributed by atoms with Gasteiger partial charge in [0.15, 0.2) is 0 Å². The highest BCUT2D eigenvalue weighted by Crippen LogP contribution is 2.34. The van der Waals surface area contributed by atoms with Crippen LogP contribution in [0, 0.1) is 0 Å². The van der Waals surface area contributed by atoms with Crippen LogP contribution >= 0.6 is 0 Å². The quantitative estimate of drug-likeness (QED) is 0.803. The number of benzene rings is 1. The lowest BCUT2D eigenvalue weighted by molar-refractivity contribution is -0.137. The summed E-state index contributed by atoms with van der Waals surface area (Å²) in [5, 5.41) is 10.9. The number of alkyl halides is 3. The molecule has 2 aromatic rings. The second-order valence-electron chi connectivity index (χ2n) is 6.94. The summed E-state index contributed by atoms with van der Waals surface area (Å²) in [5.41, 5.74) is 0.0125. The van der Waals surface area contributed by atoms with Crippen LogP contribution in [0.4, 0.5) is 13.2 Å². The molecule has 4 rings (SSSR count). The van der Waals surface area contributed by atoms with Gasteiger partial charge in [-0.05, 0) is 24.3 Å². The minimum absolute atomic E-state index is 0.136. The lowest BCUT2D eigenvalue weighted by atomic mass is 10.1.